The molecule has 5 heteroatoms. The molecule has 0 aromatic heterocycles. The van der Waals surface area contributed by atoms with Crippen molar-refractivity contribution in [1.82, 2.24) is 0 Å². The monoisotopic (exact) mass is 334 g/mol. The molecule has 4 nitrogen and oxygen atoms in total. The number of aryl methyl sites for hydroxylation is 2. The molecule has 0 amide bonds. The number of rotatable bonds is 3. The van der Waals surface area contributed by atoms with Crippen LogP contribution in [-0.4, -0.2) is 11.0 Å². The standard InChI is InChI=1S/C15H15BrN2O2/c1-9-4-3-5-12(15(17)18-19)14(9)20-13-7-6-11(16)8-10(13)2/h3-8,19H,1-2H3,(H2,17,18). The summed E-state index contributed by atoms with van der Waals surface area (Å²) in [5.41, 5.74) is 8.16. The number of benzene rings is 2. The van der Waals surface area contributed by atoms with Gasteiger partial charge in [0.15, 0.2) is 5.84 Å². The van der Waals surface area contributed by atoms with Gasteiger partial charge in [0.1, 0.15) is 11.5 Å². The van der Waals surface area contributed by atoms with Gasteiger partial charge in [-0.3, -0.25) is 0 Å². The van der Waals surface area contributed by atoms with Gasteiger partial charge >= 0.3 is 0 Å². The molecule has 2 rings (SSSR count). The van der Waals surface area contributed by atoms with Crippen LogP contribution in [0.2, 0.25) is 0 Å². The summed E-state index contributed by atoms with van der Waals surface area (Å²) in [6.45, 7) is 3.87. The largest absolute Gasteiger partial charge is 0.456 e. The van der Waals surface area contributed by atoms with E-state index in [9.17, 15) is 0 Å². The molecule has 0 spiro atoms. The van der Waals surface area contributed by atoms with E-state index in [4.69, 9.17) is 15.7 Å². The minimum Gasteiger partial charge on any atom is -0.456 e. The Morgan fingerprint density at radius 3 is 2.60 bits per heavy atom. The first-order valence-electron chi connectivity index (χ1n) is 6.04. The van der Waals surface area contributed by atoms with Crippen molar-refractivity contribution in [2.75, 3.05) is 0 Å². The van der Waals surface area contributed by atoms with Crippen LogP contribution in [0.15, 0.2) is 46.0 Å². The van der Waals surface area contributed by atoms with Crippen LogP contribution >= 0.6 is 15.9 Å². The highest BCUT2D eigenvalue weighted by molar-refractivity contribution is 9.10. The van der Waals surface area contributed by atoms with Crippen LogP contribution in [0, 0.1) is 13.8 Å². The first-order chi connectivity index (χ1) is 9.52. The smallest absolute Gasteiger partial charge is 0.173 e. The van der Waals surface area contributed by atoms with Crippen molar-refractivity contribution < 1.29 is 9.94 Å². The highest BCUT2D eigenvalue weighted by atomic mass is 79.9. The number of hydrogen-bond acceptors (Lipinski definition) is 3. The van der Waals surface area contributed by atoms with Crippen LogP contribution in [0.25, 0.3) is 0 Å². The average molecular weight is 335 g/mol. The highest BCUT2D eigenvalue weighted by Gasteiger charge is 2.13. The van der Waals surface area contributed by atoms with E-state index in [-0.39, 0.29) is 5.84 Å². The van der Waals surface area contributed by atoms with E-state index in [1.54, 1.807) is 6.07 Å². The molecule has 0 radical (unpaired) electrons. The van der Waals surface area contributed by atoms with Gasteiger partial charge < -0.3 is 15.7 Å². The normalized spacial score (nSPS) is 11.4. The second-order valence-electron chi connectivity index (χ2n) is 4.45. The van der Waals surface area contributed by atoms with E-state index in [2.05, 4.69) is 21.1 Å². The number of para-hydroxylation sites is 1. The third kappa shape index (κ3) is 2.93. The summed E-state index contributed by atoms with van der Waals surface area (Å²) in [7, 11) is 0. The Morgan fingerprint density at radius 1 is 1.20 bits per heavy atom. The average Bonchev–Trinajstić information content (AvgIpc) is 2.42. The lowest BCUT2D eigenvalue weighted by Crippen LogP contribution is -2.14. The number of amidine groups is 1. The second kappa shape index (κ2) is 5.96. The van der Waals surface area contributed by atoms with Crippen LogP contribution in [0.3, 0.4) is 0 Å². The van der Waals surface area contributed by atoms with Gasteiger partial charge in [0.2, 0.25) is 0 Å². The number of halogens is 1. The Bertz CT molecular complexity index is 669. The van der Waals surface area contributed by atoms with Gasteiger partial charge in [0.25, 0.3) is 0 Å². The predicted octanol–water partition coefficient (Wildman–Crippen LogP) is 3.95. The molecular weight excluding hydrogens is 320 g/mol. The van der Waals surface area contributed by atoms with Crippen molar-refractivity contribution in [3.63, 3.8) is 0 Å². The van der Waals surface area contributed by atoms with Gasteiger partial charge in [-0.2, -0.15) is 0 Å². The third-order valence-corrected chi connectivity index (χ3v) is 3.44. The molecule has 0 fully saturated rings. The van der Waals surface area contributed by atoms with Crippen molar-refractivity contribution in [3.8, 4) is 11.5 Å². The third-order valence-electron chi connectivity index (χ3n) is 2.94. The first-order valence-corrected chi connectivity index (χ1v) is 6.83. The molecule has 0 heterocycles. The lowest BCUT2D eigenvalue weighted by atomic mass is 10.1. The number of hydrogen-bond donors (Lipinski definition) is 2. The fourth-order valence-corrected chi connectivity index (χ4v) is 2.36. The van der Waals surface area contributed by atoms with Crippen molar-refractivity contribution in [2.45, 2.75) is 13.8 Å². The summed E-state index contributed by atoms with van der Waals surface area (Å²) in [6.07, 6.45) is 0. The topological polar surface area (TPSA) is 67.8 Å². The van der Waals surface area contributed by atoms with E-state index in [0.717, 1.165) is 21.3 Å². The molecule has 0 bridgehead atoms. The van der Waals surface area contributed by atoms with Crippen molar-refractivity contribution in [1.29, 1.82) is 0 Å². The van der Waals surface area contributed by atoms with Gasteiger partial charge in [0.05, 0.1) is 5.56 Å². The van der Waals surface area contributed by atoms with Crippen LogP contribution in [0.5, 0.6) is 11.5 Å². The Labute approximate surface area is 126 Å². The fourth-order valence-electron chi connectivity index (χ4n) is 1.88. The van der Waals surface area contributed by atoms with Crippen molar-refractivity contribution in [3.05, 3.63) is 57.6 Å². The first kappa shape index (κ1) is 14.4. The lowest BCUT2D eigenvalue weighted by molar-refractivity contribution is 0.318. The molecule has 0 aliphatic carbocycles. The summed E-state index contributed by atoms with van der Waals surface area (Å²) in [5.74, 6) is 1.35. The molecule has 0 saturated heterocycles. The summed E-state index contributed by atoms with van der Waals surface area (Å²) < 4.78 is 6.95. The molecule has 0 atom stereocenters. The molecule has 3 N–H and O–H groups in total. The van der Waals surface area contributed by atoms with E-state index in [1.165, 1.54) is 0 Å². The Kier molecular flexibility index (Phi) is 4.29. The summed E-state index contributed by atoms with van der Waals surface area (Å²) in [6, 6.07) is 11.3. The number of nitrogens with zero attached hydrogens (tertiary/aromatic N) is 1. The maximum atomic E-state index is 8.86. The second-order valence-corrected chi connectivity index (χ2v) is 5.36. The summed E-state index contributed by atoms with van der Waals surface area (Å²) >= 11 is 3.42. The quantitative estimate of drug-likeness (QED) is 0.386. The molecule has 0 aliphatic heterocycles. The molecule has 104 valence electrons. The fraction of sp³-hybridized carbons (Fsp3) is 0.133. The highest BCUT2D eigenvalue weighted by Crippen LogP contribution is 2.32. The molecule has 0 aliphatic rings. The van der Waals surface area contributed by atoms with Crippen molar-refractivity contribution in [2.24, 2.45) is 10.9 Å². The van der Waals surface area contributed by atoms with Crippen LogP contribution in [0.4, 0.5) is 0 Å². The zero-order chi connectivity index (χ0) is 14.7. The van der Waals surface area contributed by atoms with Gasteiger partial charge in [-0.25, -0.2) is 0 Å². The van der Waals surface area contributed by atoms with Crippen molar-refractivity contribution >= 4 is 21.8 Å². The minimum absolute atomic E-state index is 0.0264. The Balaban J connectivity index is 2.48. The number of ether oxygens (including phenoxy) is 1. The number of oxime groups is 1. The van der Waals surface area contributed by atoms with Crippen LogP contribution in [-0.2, 0) is 0 Å². The van der Waals surface area contributed by atoms with Gasteiger partial charge in [-0.05, 0) is 49.2 Å². The van der Waals surface area contributed by atoms with Gasteiger partial charge in [-0.15, -0.1) is 0 Å². The maximum absolute atomic E-state index is 8.86. The molecule has 2 aromatic carbocycles. The molecule has 0 saturated carbocycles. The Hall–Kier alpha value is -2.01. The SMILES string of the molecule is Cc1cc(Br)ccc1Oc1c(C)cccc1/C(N)=N/O. The van der Waals surface area contributed by atoms with Crippen LogP contribution < -0.4 is 10.5 Å². The molecule has 2 aromatic rings. The Morgan fingerprint density at radius 2 is 1.95 bits per heavy atom. The summed E-state index contributed by atoms with van der Waals surface area (Å²) in [4.78, 5) is 0. The zero-order valence-electron chi connectivity index (χ0n) is 11.2. The predicted molar refractivity (Wildman–Crippen MR) is 82.6 cm³/mol. The van der Waals surface area contributed by atoms with Crippen LogP contribution in [0.1, 0.15) is 16.7 Å². The lowest BCUT2D eigenvalue weighted by Gasteiger charge is -2.14. The minimum atomic E-state index is 0.0264. The molecule has 0 unspecified atom stereocenters. The van der Waals surface area contributed by atoms with Gasteiger partial charge in [-0.1, -0.05) is 33.2 Å². The van der Waals surface area contributed by atoms with E-state index < -0.39 is 0 Å². The molecule has 20 heavy (non-hydrogen) atoms. The zero-order valence-corrected chi connectivity index (χ0v) is 12.8. The van der Waals surface area contributed by atoms with Gasteiger partial charge in [0, 0.05) is 4.47 Å². The van der Waals surface area contributed by atoms with E-state index in [1.807, 2.05) is 44.2 Å². The maximum Gasteiger partial charge on any atom is 0.173 e. The summed E-state index contributed by atoms with van der Waals surface area (Å²) in [5, 5.41) is 11.9. The van der Waals surface area contributed by atoms with E-state index >= 15 is 0 Å². The van der Waals surface area contributed by atoms with E-state index in [0.29, 0.717) is 11.3 Å². The molecular formula is C15H15BrN2O2. The number of nitrogens with two attached hydrogens (primary N) is 1.